The highest BCUT2D eigenvalue weighted by Gasteiger charge is 2.15. The lowest BCUT2D eigenvalue weighted by molar-refractivity contribution is -0.127. The van der Waals surface area contributed by atoms with Crippen LogP contribution < -0.4 is 10.1 Å². The van der Waals surface area contributed by atoms with E-state index in [0.717, 1.165) is 5.56 Å². The van der Waals surface area contributed by atoms with E-state index >= 15 is 0 Å². The van der Waals surface area contributed by atoms with Gasteiger partial charge >= 0.3 is 0 Å². The minimum atomic E-state index is -0.645. The molecule has 0 saturated heterocycles. The lowest BCUT2D eigenvalue weighted by Gasteiger charge is -2.15. The Morgan fingerprint density at radius 2 is 1.91 bits per heavy atom. The van der Waals surface area contributed by atoms with E-state index in [0.29, 0.717) is 23.7 Å². The molecule has 0 fully saturated rings. The molecule has 2 aromatic rings. The van der Waals surface area contributed by atoms with Gasteiger partial charge in [0.1, 0.15) is 11.6 Å². The van der Waals surface area contributed by atoms with Gasteiger partial charge < -0.3 is 10.1 Å². The Balaban J connectivity index is 1.79. The van der Waals surface area contributed by atoms with Gasteiger partial charge in [-0.25, -0.2) is 4.39 Å². The molecule has 0 radical (unpaired) electrons. The summed E-state index contributed by atoms with van der Waals surface area (Å²) in [5.41, 5.74) is 0.960. The van der Waals surface area contributed by atoms with E-state index in [1.54, 1.807) is 43.3 Å². The average molecular weight is 322 g/mol. The van der Waals surface area contributed by atoms with Crippen molar-refractivity contribution in [3.8, 4) is 5.75 Å². The van der Waals surface area contributed by atoms with Crippen molar-refractivity contribution in [1.82, 2.24) is 5.32 Å². The zero-order valence-corrected chi connectivity index (χ0v) is 12.9. The second-order valence-electron chi connectivity index (χ2n) is 4.86. The predicted octanol–water partition coefficient (Wildman–Crippen LogP) is 3.61. The summed E-state index contributed by atoms with van der Waals surface area (Å²) in [5, 5.41) is 3.25. The number of hydrogen-bond donors (Lipinski definition) is 1. The predicted molar refractivity (Wildman–Crippen MR) is 84.7 cm³/mol. The number of para-hydroxylation sites is 1. The molecule has 0 aliphatic rings. The van der Waals surface area contributed by atoms with Gasteiger partial charge in [-0.15, -0.1) is 0 Å². The minimum Gasteiger partial charge on any atom is -0.479 e. The van der Waals surface area contributed by atoms with Crippen LogP contribution in [0.4, 0.5) is 4.39 Å². The molecular weight excluding hydrogens is 305 g/mol. The number of benzene rings is 2. The number of ether oxygens (including phenoxy) is 1. The summed E-state index contributed by atoms with van der Waals surface area (Å²) in [4.78, 5) is 12.0. The molecule has 0 heterocycles. The van der Waals surface area contributed by atoms with Crippen molar-refractivity contribution in [2.24, 2.45) is 0 Å². The highest BCUT2D eigenvalue weighted by Crippen LogP contribution is 2.24. The standard InChI is InChI=1S/C17H17ClFNO2/c1-12(22-16-5-3-2-4-15(16)18)17(21)20-11-10-13-6-8-14(19)9-7-13/h2-9,12H,10-11H2,1H3,(H,20,21). The molecule has 1 N–H and O–H groups in total. The molecule has 1 unspecified atom stereocenters. The summed E-state index contributed by atoms with van der Waals surface area (Å²) in [6.07, 6.45) is -0.0155. The quantitative estimate of drug-likeness (QED) is 0.882. The second kappa shape index (κ2) is 7.80. The monoisotopic (exact) mass is 321 g/mol. The molecule has 0 spiro atoms. The normalized spacial score (nSPS) is 11.8. The second-order valence-corrected chi connectivity index (χ2v) is 5.27. The van der Waals surface area contributed by atoms with Crippen LogP contribution in [0.3, 0.4) is 0 Å². The Morgan fingerprint density at radius 3 is 2.59 bits per heavy atom. The molecular formula is C17H17ClFNO2. The van der Waals surface area contributed by atoms with Crippen LogP contribution in [0.1, 0.15) is 12.5 Å². The van der Waals surface area contributed by atoms with E-state index in [2.05, 4.69) is 5.32 Å². The van der Waals surface area contributed by atoms with E-state index in [4.69, 9.17) is 16.3 Å². The third-order valence-corrected chi connectivity index (χ3v) is 3.45. The van der Waals surface area contributed by atoms with Crippen molar-refractivity contribution in [2.75, 3.05) is 6.54 Å². The highest BCUT2D eigenvalue weighted by atomic mass is 35.5. The summed E-state index contributed by atoms with van der Waals surface area (Å²) in [6, 6.07) is 13.2. The number of hydrogen-bond acceptors (Lipinski definition) is 2. The van der Waals surface area contributed by atoms with Crippen LogP contribution in [-0.2, 0) is 11.2 Å². The van der Waals surface area contributed by atoms with Gasteiger partial charge in [0, 0.05) is 6.54 Å². The Bertz CT molecular complexity index is 631. The lowest BCUT2D eigenvalue weighted by atomic mass is 10.1. The SMILES string of the molecule is CC(Oc1ccccc1Cl)C(=O)NCCc1ccc(F)cc1. The van der Waals surface area contributed by atoms with E-state index in [1.807, 2.05) is 0 Å². The molecule has 3 nitrogen and oxygen atoms in total. The molecule has 116 valence electrons. The first-order valence-corrected chi connectivity index (χ1v) is 7.37. The summed E-state index contributed by atoms with van der Waals surface area (Å²) < 4.78 is 18.3. The Morgan fingerprint density at radius 1 is 1.23 bits per heavy atom. The lowest BCUT2D eigenvalue weighted by Crippen LogP contribution is -2.37. The maximum absolute atomic E-state index is 12.8. The molecule has 0 bridgehead atoms. The van der Waals surface area contributed by atoms with E-state index in [-0.39, 0.29) is 11.7 Å². The van der Waals surface area contributed by atoms with Crippen molar-refractivity contribution in [3.05, 3.63) is 64.9 Å². The van der Waals surface area contributed by atoms with Gasteiger partial charge in [-0.1, -0.05) is 35.9 Å². The molecule has 2 rings (SSSR count). The number of amides is 1. The van der Waals surface area contributed by atoms with Crippen LogP contribution >= 0.6 is 11.6 Å². The fourth-order valence-electron chi connectivity index (χ4n) is 1.91. The Kier molecular flexibility index (Phi) is 5.78. The van der Waals surface area contributed by atoms with Gasteiger partial charge in [-0.3, -0.25) is 4.79 Å². The molecule has 22 heavy (non-hydrogen) atoms. The van der Waals surface area contributed by atoms with Crippen LogP contribution in [-0.4, -0.2) is 18.6 Å². The van der Waals surface area contributed by atoms with E-state index in [1.165, 1.54) is 12.1 Å². The van der Waals surface area contributed by atoms with Crippen molar-refractivity contribution >= 4 is 17.5 Å². The molecule has 0 saturated carbocycles. The molecule has 2 aromatic carbocycles. The smallest absolute Gasteiger partial charge is 0.260 e. The molecule has 0 aliphatic heterocycles. The van der Waals surface area contributed by atoms with E-state index < -0.39 is 6.10 Å². The molecule has 1 atom stereocenters. The number of halogens is 2. The largest absolute Gasteiger partial charge is 0.479 e. The first-order valence-electron chi connectivity index (χ1n) is 6.99. The fraction of sp³-hybridized carbons (Fsp3) is 0.235. The first-order chi connectivity index (χ1) is 10.6. The molecule has 0 aliphatic carbocycles. The first kappa shape index (κ1) is 16.3. The zero-order valence-electron chi connectivity index (χ0n) is 12.2. The summed E-state index contributed by atoms with van der Waals surface area (Å²) in [5.74, 6) is -0.0121. The number of rotatable bonds is 6. The van der Waals surface area contributed by atoms with Crippen LogP contribution in [0.25, 0.3) is 0 Å². The minimum absolute atomic E-state index is 0.220. The van der Waals surface area contributed by atoms with E-state index in [9.17, 15) is 9.18 Å². The summed E-state index contributed by atoms with van der Waals surface area (Å²) >= 11 is 5.98. The van der Waals surface area contributed by atoms with Gasteiger partial charge in [-0.2, -0.15) is 0 Å². The van der Waals surface area contributed by atoms with Gasteiger partial charge in [0.15, 0.2) is 6.10 Å². The van der Waals surface area contributed by atoms with Crippen molar-refractivity contribution < 1.29 is 13.9 Å². The van der Waals surface area contributed by atoms with Crippen LogP contribution in [0.5, 0.6) is 5.75 Å². The maximum Gasteiger partial charge on any atom is 0.260 e. The number of carbonyl (C=O) groups excluding carboxylic acids is 1. The zero-order chi connectivity index (χ0) is 15.9. The van der Waals surface area contributed by atoms with Gasteiger partial charge in [0.25, 0.3) is 5.91 Å². The van der Waals surface area contributed by atoms with Gasteiger partial charge in [0.2, 0.25) is 0 Å². The average Bonchev–Trinajstić information content (AvgIpc) is 2.51. The molecule has 0 aromatic heterocycles. The number of carbonyl (C=O) groups is 1. The fourth-order valence-corrected chi connectivity index (χ4v) is 2.09. The molecule has 5 heteroatoms. The van der Waals surface area contributed by atoms with Crippen molar-refractivity contribution in [2.45, 2.75) is 19.4 Å². The third-order valence-electron chi connectivity index (χ3n) is 3.14. The topological polar surface area (TPSA) is 38.3 Å². The number of nitrogens with one attached hydrogen (secondary N) is 1. The third kappa shape index (κ3) is 4.74. The summed E-state index contributed by atoms with van der Waals surface area (Å²) in [6.45, 7) is 2.12. The Hall–Kier alpha value is -2.07. The highest BCUT2D eigenvalue weighted by molar-refractivity contribution is 6.32. The van der Waals surface area contributed by atoms with Gasteiger partial charge in [0.05, 0.1) is 5.02 Å². The van der Waals surface area contributed by atoms with Crippen molar-refractivity contribution in [3.63, 3.8) is 0 Å². The van der Waals surface area contributed by atoms with Gasteiger partial charge in [-0.05, 0) is 43.2 Å². The van der Waals surface area contributed by atoms with Crippen molar-refractivity contribution in [1.29, 1.82) is 0 Å². The van der Waals surface area contributed by atoms with Crippen LogP contribution in [0.2, 0.25) is 5.02 Å². The molecule has 1 amide bonds. The Labute approximate surface area is 134 Å². The van der Waals surface area contributed by atoms with Crippen LogP contribution in [0, 0.1) is 5.82 Å². The maximum atomic E-state index is 12.8. The van der Waals surface area contributed by atoms with Crippen LogP contribution in [0.15, 0.2) is 48.5 Å². The summed E-state index contributed by atoms with van der Waals surface area (Å²) in [7, 11) is 0.